The third-order valence-electron chi connectivity index (χ3n) is 14.3. The number of nitrogens with zero attached hydrogens (tertiary/aromatic N) is 1. The van der Waals surface area contributed by atoms with Crippen molar-refractivity contribution in [2.45, 2.75) is 290 Å². The van der Waals surface area contributed by atoms with Crippen LogP contribution < -0.4 is 4.89 Å². The number of hydrogen-bond acceptors (Lipinski definition) is 8. The fourth-order valence-corrected chi connectivity index (χ4v) is 9.87. The Morgan fingerprint density at radius 2 is 0.695 bits per heavy atom. The molecule has 0 aliphatic carbocycles. The second-order valence-corrected chi connectivity index (χ2v) is 24.9. The maximum atomic E-state index is 12.8. The van der Waals surface area contributed by atoms with E-state index in [4.69, 9.17) is 18.5 Å². The van der Waals surface area contributed by atoms with Gasteiger partial charge in [0, 0.05) is 12.8 Å². The average molecular weight is 1160 g/mol. The van der Waals surface area contributed by atoms with E-state index in [2.05, 4.69) is 123 Å². The Kier molecular flexibility index (Phi) is 59.7. The Hall–Kier alpha value is -3.33. The van der Waals surface area contributed by atoms with Gasteiger partial charge in [-0.2, -0.15) is 0 Å². The summed E-state index contributed by atoms with van der Waals surface area (Å²) in [6.45, 7) is 4.13. The van der Waals surface area contributed by atoms with Crippen LogP contribution >= 0.6 is 7.82 Å². The van der Waals surface area contributed by atoms with E-state index in [9.17, 15) is 19.0 Å². The molecule has 2 atom stereocenters. The van der Waals surface area contributed by atoms with Crippen molar-refractivity contribution >= 4 is 19.8 Å². The number of allylic oxidation sites excluding steroid dienone is 18. The molecule has 0 bridgehead atoms. The van der Waals surface area contributed by atoms with E-state index >= 15 is 0 Å². The lowest BCUT2D eigenvalue weighted by molar-refractivity contribution is -0.870. The maximum Gasteiger partial charge on any atom is 0.306 e. The topological polar surface area (TPSA) is 111 Å². The van der Waals surface area contributed by atoms with E-state index in [1.165, 1.54) is 148 Å². The van der Waals surface area contributed by atoms with Gasteiger partial charge in [-0.3, -0.25) is 14.2 Å². The molecule has 0 aromatic rings. The summed E-state index contributed by atoms with van der Waals surface area (Å²) in [6, 6.07) is 0. The highest BCUT2D eigenvalue weighted by Crippen LogP contribution is 2.38. The predicted molar refractivity (Wildman–Crippen MR) is 351 cm³/mol. The molecule has 0 N–H and O–H groups in total. The average Bonchev–Trinajstić information content (AvgIpc) is 3.45. The van der Waals surface area contributed by atoms with Gasteiger partial charge < -0.3 is 27.9 Å². The number of hydrogen-bond donors (Lipinski definition) is 0. The van der Waals surface area contributed by atoms with Crippen LogP contribution in [0.2, 0.25) is 0 Å². The van der Waals surface area contributed by atoms with Crippen molar-refractivity contribution in [3.8, 4) is 0 Å². The van der Waals surface area contributed by atoms with Crippen molar-refractivity contribution in [2.75, 3.05) is 47.5 Å². The Bertz CT molecular complexity index is 1750. The lowest BCUT2D eigenvalue weighted by atomic mass is 10.0. The van der Waals surface area contributed by atoms with Crippen LogP contribution in [0.25, 0.3) is 0 Å². The van der Waals surface area contributed by atoms with Gasteiger partial charge in [0.1, 0.15) is 19.8 Å². The Labute approximate surface area is 506 Å². The third kappa shape index (κ3) is 65.8. The number of likely N-dealkylation sites (N-methyl/N-ethyl adjacent to an activating group) is 1. The standard InChI is InChI=1S/C72H126NO8P/c1-6-8-10-12-14-16-18-20-22-24-25-26-27-28-29-30-31-32-33-34-35-36-37-38-39-40-41-42-43-44-45-46-47-49-51-53-55-57-59-61-63-65-72(75)81-70(69-80-82(76,77)79-67-66-73(3,4)5)68-78-71(74)64-62-60-58-56-54-52-50-48-23-21-19-17-15-13-11-9-7-2/h8,10,14,16,20-23,25-26,28-29,31-32,34-35,37-38,70H,6-7,9,11-13,15,17-19,24,27,30,33,36,39-69H2,1-5H3/b10-8-,16-14-,22-20-,23-21-,26-25-,29-28-,32-31-,35-34-,38-37-. The number of carbonyl (C=O) groups excluding carboxylic acids is 2. The van der Waals surface area contributed by atoms with E-state index in [1.54, 1.807) is 0 Å². The first-order valence-electron chi connectivity index (χ1n) is 33.6. The zero-order valence-electron chi connectivity index (χ0n) is 53.7. The minimum atomic E-state index is -4.64. The normalized spacial score (nSPS) is 13.9. The molecule has 0 heterocycles. The summed E-state index contributed by atoms with van der Waals surface area (Å²) in [4.78, 5) is 37.9. The van der Waals surface area contributed by atoms with Crippen molar-refractivity contribution in [3.63, 3.8) is 0 Å². The lowest BCUT2D eigenvalue weighted by Crippen LogP contribution is -2.37. The first-order chi connectivity index (χ1) is 40.0. The summed E-state index contributed by atoms with van der Waals surface area (Å²) in [7, 11) is 1.16. The number of esters is 2. The van der Waals surface area contributed by atoms with Gasteiger partial charge in [0.15, 0.2) is 6.10 Å². The quantitative estimate of drug-likeness (QED) is 0.0195. The first-order valence-corrected chi connectivity index (χ1v) is 35.1. The molecule has 9 nitrogen and oxygen atoms in total. The summed E-state index contributed by atoms with van der Waals surface area (Å²) >= 11 is 0. The van der Waals surface area contributed by atoms with Gasteiger partial charge in [-0.15, -0.1) is 0 Å². The number of unbranched alkanes of at least 4 members (excludes halogenated alkanes) is 29. The van der Waals surface area contributed by atoms with Gasteiger partial charge in [0.2, 0.25) is 0 Å². The van der Waals surface area contributed by atoms with E-state index in [0.717, 1.165) is 103 Å². The third-order valence-corrected chi connectivity index (χ3v) is 15.2. The molecule has 0 saturated carbocycles. The zero-order valence-corrected chi connectivity index (χ0v) is 54.6. The molecule has 0 aromatic heterocycles. The largest absolute Gasteiger partial charge is 0.756 e. The van der Waals surface area contributed by atoms with Crippen molar-refractivity contribution in [2.24, 2.45) is 0 Å². The molecule has 2 unspecified atom stereocenters. The lowest BCUT2D eigenvalue weighted by Gasteiger charge is -2.28. The molecule has 0 rings (SSSR count). The number of phosphoric acid groups is 1. The summed E-state index contributed by atoms with van der Waals surface area (Å²) in [5, 5.41) is 0. The summed E-state index contributed by atoms with van der Waals surface area (Å²) in [5.41, 5.74) is 0. The zero-order chi connectivity index (χ0) is 59.8. The van der Waals surface area contributed by atoms with Crippen LogP contribution in [0.4, 0.5) is 0 Å². The number of phosphoric ester groups is 1. The molecule has 0 amide bonds. The second kappa shape index (κ2) is 62.2. The molecule has 82 heavy (non-hydrogen) atoms. The second-order valence-electron chi connectivity index (χ2n) is 23.5. The van der Waals surface area contributed by atoms with E-state index in [1.807, 2.05) is 21.1 Å². The molecule has 0 aromatic carbocycles. The number of ether oxygens (including phenoxy) is 2. The van der Waals surface area contributed by atoms with E-state index < -0.39 is 26.5 Å². The Morgan fingerprint density at radius 1 is 0.390 bits per heavy atom. The highest BCUT2D eigenvalue weighted by atomic mass is 31.2. The van der Waals surface area contributed by atoms with Gasteiger partial charge in [-0.25, -0.2) is 0 Å². The van der Waals surface area contributed by atoms with Crippen LogP contribution in [0.5, 0.6) is 0 Å². The maximum absolute atomic E-state index is 12.8. The smallest absolute Gasteiger partial charge is 0.306 e. The highest BCUT2D eigenvalue weighted by molar-refractivity contribution is 7.45. The Morgan fingerprint density at radius 3 is 1.05 bits per heavy atom. The molecule has 472 valence electrons. The van der Waals surface area contributed by atoms with Crippen molar-refractivity contribution in [1.29, 1.82) is 0 Å². The molecule has 0 aliphatic rings. The molecular formula is C72H126NO8P. The van der Waals surface area contributed by atoms with Crippen LogP contribution in [0.1, 0.15) is 284 Å². The van der Waals surface area contributed by atoms with E-state index in [0.29, 0.717) is 17.4 Å². The summed E-state index contributed by atoms with van der Waals surface area (Å²) in [6.07, 6.45) is 87.3. The van der Waals surface area contributed by atoms with Crippen molar-refractivity contribution in [1.82, 2.24) is 0 Å². The molecule has 0 aliphatic heterocycles. The summed E-state index contributed by atoms with van der Waals surface area (Å²) < 4.78 is 34.2. The molecule has 10 heteroatoms. The number of carbonyl (C=O) groups is 2. The van der Waals surface area contributed by atoms with Crippen molar-refractivity contribution < 1.29 is 42.1 Å². The Balaban J connectivity index is 4.00. The molecular weight excluding hydrogens is 1040 g/mol. The van der Waals surface area contributed by atoms with Crippen LogP contribution in [0.3, 0.4) is 0 Å². The van der Waals surface area contributed by atoms with Gasteiger partial charge in [-0.05, 0) is 103 Å². The highest BCUT2D eigenvalue weighted by Gasteiger charge is 2.22. The SMILES string of the molecule is CC/C=C\C/C=C\C/C=C\C/C=C\C/C=C\C/C=C\C/C=C\C/C=C\CCCCCCCCCCCCCCCCCCC(=O)OC(COC(=O)CCCCCCCCC/C=C\CCCCCCCC)COP(=O)([O-])OCC[N+](C)(C)C. The predicted octanol–water partition coefficient (Wildman–Crippen LogP) is 21.1. The molecule has 0 fully saturated rings. The van der Waals surface area contributed by atoms with Crippen LogP contribution in [0, 0.1) is 0 Å². The monoisotopic (exact) mass is 1160 g/mol. The van der Waals surface area contributed by atoms with Crippen LogP contribution in [-0.2, 0) is 32.7 Å². The van der Waals surface area contributed by atoms with E-state index in [-0.39, 0.29) is 32.0 Å². The van der Waals surface area contributed by atoms with Crippen molar-refractivity contribution in [3.05, 3.63) is 109 Å². The van der Waals surface area contributed by atoms with Gasteiger partial charge in [-0.1, -0.05) is 277 Å². The number of quaternary nitrogens is 1. The minimum absolute atomic E-state index is 0.0337. The van der Waals surface area contributed by atoms with Gasteiger partial charge >= 0.3 is 11.9 Å². The van der Waals surface area contributed by atoms with Gasteiger partial charge in [0.05, 0.1) is 27.7 Å². The molecule has 0 saturated heterocycles. The number of rotatable bonds is 61. The first kappa shape index (κ1) is 78.7. The fourth-order valence-electron chi connectivity index (χ4n) is 9.14. The molecule has 0 radical (unpaired) electrons. The minimum Gasteiger partial charge on any atom is -0.756 e. The summed E-state index contributed by atoms with van der Waals surface area (Å²) in [5.74, 6) is -0.834. The van der Waals surface area contributed by atoms with Crippen LogP contribution in [0.15, 0.2) is 109 Å². The van der Waals surface area contributed by atoms with Gasteiger partial charge in [0.25, 0.3) is 7.82 Å². The fraction of sp³-hybridized carbons (Fsp3) is 0.722. The van der Waals surface area contributed by atoms with Crippen LogP contribution in [-0.4, -0.2) is 70.0 Å². The molecule has 0 spiro atoms.